The zero-order valence-corrected chi connectivity index (χ0v) is 24.2. The molecule has 0 aliphatic carbocycles. The molecule has 0 bridgehead atoms. The zero-order valence-electron chi connectivity index (χ0n) is 23.5. The number of ether oxygens (including phenoxy) is 2. The van der Waals surface area contributed by atoms with Crippen LogP contribution in [0.1, 0.15) is 31.2 Å². The fraction of sp³-hybridized carbons (Fsp3) is 0.406. The van der Waals surface area contributed by atoms with Gasteiger partial charge >= 0.3 is 6.01 Å². The molecule has 0 spiro atoms. The second-order valence-electron chi connectivity index (χ2n) is 11.5. The van der Waals surface area contributed by atoms with Crippen LogP contribution in [-0.4, -0.2) is 82.7 Å². The summed E-state index contributed by atoms with van der Waals surface area (Å²) in [5, 5.41) is 12.4. The predicted molar refractivity (Wildman–Crippen MR) is 161 cm³/mol. The minimum absolute atomic E-state index is 0.0142. The van der Waals surface area contributed by atoms with E-state index in [0.717, 1.165) is 25.8 Å². The van der Waals surface area contributed by atoms with Crippen LogP contribution in [0.4, 0.5) is 14.6 Å². The summed E-state index contributed by atoms with van der Waals surface area (Å²) in [4.78, 5) is 18.0. The van der Waals surface area contributed by atoms with Crippen molar-refractivity contribution in [3.63, 3.8) is 0 Å². The molecule has 8 nitrogen and oxygen atoms in total. The van der Waals surface area contributed by atoms with Gasteiger partial charge in [0.25, 0.3) is 0 Å². The fourth-order valence-electron chi connectivity index (χ4n) is 6.87. The van der Waals surface area contributed by atoms with Gasteiger partial charge in [-0.3, -0.25) is 9.88 Å². The van der Waals surface area contributed by atoms with Gasteiger partial charge in [0.15, 0.2) is 5.82 Å². The number of fused-ring (bicyclic) bond motifs is 3. The summed E-state index contributed by atoms with van der Waals surface area (Å²) >= 11 is 6.41. The summed E-state index contributed by atoms with van der Waals surface area (Å²) in [5.41, 5.74) is 0.221. The molecule has 3 aliphatic heterocycles. The molecule has 11 heteroatoms. The highest BCUT2D eigenvalue weighted by atomic mass is 35.5. The van der Waals surface area contributed by atoms with Crippen LogP contribution in [0.25, 0.3) is 32.9 Å². The molecule has 7 rings (SSSR count). The molecule has 3 aliphatic rings. The third kappa shape index (κ3) is 4.89. The monoisotopic (exact) mass is 605 g/mol. The molecule has 4 aromatic rings. The van der Waals surface area contributed by atoms with Crippen molar-refractivity contribution in [2.24, 2.45) is 0 Å². The SMILES string of the molecule is C#Cc1c(Cl)ccc2cc(O)cc(-c3ncc4c(N5CCCOCC5)nc(OC[C@@]56CCCN5C[C@H](F)C6)nc4c3F)c12. The number of alkyl halides is 1. The second-order valence-corrected chi connectivity index (χ2v) is 11.9. The first-order valence-corrected chi connectivity index (χ1v) is 14.9. The molecule has 5 heterocycles. The molecular formula is C32H30ClF2N5O3. The van der Waals surface area contributed by atoms with Gasteiger partial charge in [-0.1, -0.05) is 23.6 Å². The highest BCUT2D eigenvalue weighted by Crippen LogP contribution is 2.42. The number of aromatic nitrogens is 3. The number of anilines is 1. The Bertz CT molecular complexity index is 1770. The van der Waals surface area contributed by atoms with Crippen LogP contribution >= 0.6 is 11.6 Å². The smallest absolute Gasteiger partial charge is 0.319 e. The Morgan fingerprint density at radius 3 is 2.93 bits per heavy atom. The van der Waals surface area contributed by atoms with E-state index in [4.69, 9.17) is 32.5 Å². The molecule has 0 saturated carbocycles. The number of aromatic hydroxyl groups is 1. The maximum Gasteiger partial charge on any atom is 0.319 e. The number of pyridine rings is 1. The summed E-state index contributed by atoms with van der Waals surface area (Å²) < 4.78 is 42.9. The van der Waals surface area contributed by atoms with E-state index in [1.807, 2.05) is 4.90 Å². The predicted octanol–water partition coefficient (Wildman–Crippen LogP) is 5.51. The standard InChI is InChI=1S/C32H30ClF2N5O3/c1-2-22-25(33)6-5-19-13-21(41)14-23(26(19)22)28-27(35)29-24(16-36-28)30(39-8-4-11-42-12-10-39)38-31(37-29)43-18-32-7-3-9-40(32)17-20(34)15-32/h1,5-6,13-14,16,20,41H,3-4,7-12,15,17-18H2/t20-,32+/m1/s1. The van der Waals surface area contributed by atoms with Crippen LogP contribution in [-0.2, 0) is 4.74 Å². The number of hydrogen-bond acceptors (Lipinski definition) is 8. The highest BCUT2D eigenvalue weighted by Gasteiger charge is 2.49. The molecule has 0 amide bonds. The molecule has 2 aromatic heterocycles. The third-order valence-electron chi connectivity index (χ3n) is 8.85. The Balaban J connectivity index is 1.38. The lowest BCUT2D eigenvalue weighted by atomic mass is 9.95. The maximum absolute atomic E-state index is 16.7. The largest absolute Gasteiger partial charge is 0.508 e. The van der Waals surface area contributed by atoms with E-state index in [0.29, 0.717) is 71.8 Å². The van der Waals surface area contributed by atoms with Crippen molar-refractivity contribution in [2.75, 3.05) is 50.9 Å². The number of halogens is 3. The molecule has 43 heavy (non-hydrogen) atoms. The van der Waals surface area contributed by atoms with Gasteiger partial charge in [0.05, 0.1) is 28.1 Å². The van der Waals surface area contributed by atoms with E-state index in [2.05, 4.69) is 20.8 Å². The first-order valence-electron chi connectivity index (χ1n) is 14.5. The van der Waals surface area contributed by atoms with Crippen LogP contribution in [0.5, 0.6) is 11.8 Å². The second kappa shape index (κ2) is 11.1. The van der Waals surface area contributed by atoms with Gasteiger partial charge in [0.2, 0.25) is 0 Å². The summed E-state index contributed by atoms with van der Waals surface area (Å²) in [5.74, 6) is 2.30. The Morgan fingerprint density at radius 2 is 2.07 bits per heavy atom. The lowest BCUT2D eigenvalue weighted by molar-refractivity contribution is 0.107. The average Bonchev–Trinajstić information content (AvgIpc) is 3.37. The topological polar surface area (TPSA) is 83.8 Å². The summed E-state index contributed by atoms with van der Waals surface area (Å²) in [6.45, 7) is 3.75. The van der Waals surface area contributed by atoms with Gasteiger partial charge in [-0.15, -0.1) is 6.42 Å². The number of phenolic OH excluding ortho intramolecular Hbond substituents is 1. The highest BCUT2D eigenvalue weighted by molar-refractivity contribution is 6.33. The molecule has 3 fully saturated rings. The van der Waals surface area contributed by atoms with Crippen LogP contribution < -0.4 is 9.64 Å². The molecule has 0 radical (unpaired) electrons. The number of nitrogens with zero attached hydrogens (tertiary/aromatic N) is 5. The van der Waals surface area contributed by atoms with Gasteiger partial charge in [-0.25, -0.2) is 8.78 Å². The van der Waals surface area contributed by atoms with Crippen LogP contribution in [0.15, 0.2) is 30.5 Å². The zero-order chi connectivity index (χ0) is 29.7. The number of hydrogen-bond donors (Lipinski definition) is 1. The van der Waals surface area contributed by atoms with E-state index in [-0.39, 0.29) is 35.1 Å². The Kier molecular flexibility index (Phi) is 7.20. The fourth-order valence-corrected chi connectivity index (χ4v) is 7.09. The first kappa shape index (κ1) is 28.0. The minimum atomic E-state index is -0.904. The number of benzene rings is 2. The Labute approximate surface area is 252 Å². The van der Waals surface area contributed by atoms with E-state index in [9.17, 15) is 9.50 Å². The third-order valence-corrected chi connectivity index (χ3v) is 9.16. The number of phenols is 1. The number of rotatable bonds is 5. The lowest BCUT2D eigenvalue weighted by Crippen LogP contribution is -2.43. The van der Waals surface area contributed by atoms with Crippen LogP contribution in [0.2, 0.25) is 5.02 Å². The summed E-state index contributed by atoms with van der Waals surface area (Å²) in [7, 11) is 0. The van der Waals surface area contributed by atoms with Gasteiger partial charge < -0.3 is 19.5 Å². The quantitative estimate of drug-likeness (QED) is 0.298. The molecule has 1 N–H and O–H groups in total. The summed E-state index contributed by atoms with van der Waals surface area (Å²) in [6, 6.07) is 6.33. The van der Waals surface area contributed by atoms with E-state index in [1.54, 1.807) is 18.2 Å². The summed E-state index contributed by atoms with van der Waals surface area (Å²) in [6.07, 6.45) is 9.40. The van der Waals surface area contributed by atoms with Crippen molar-refractivity contribution in [3.05, 3.63) is 46.9 Å². The van der Waals surface area contributed by atoms with Crippen molar-refractivity contribution in [1.82, 2.24) is 19.9 Å². The van der Waals surface area contributed by atoms with E-state index >= 15 is 4.39 Å². The molecule has 2 aromatic carbocycles. The molecule has 2 atom stereocenters. The maximum atomic E-state index is 16.7. The molecular weight excluding hydrogens is 576 g/mol. The van der Waals surface area contributed by atoms with Gasteiger partial charge in [-0.05, 0) is 49.4 Å². The van der Waals surface area contributed by atoms with Gasteiger partial charge in [-0.2, -0.15) is 9.97 Å². The number of terminal acetylenes is 1. The van der Waals surface area contributed by atoms with Crippen molar-refractivity contribution in [2.45, 2.75) is 37.4 Å². The van der Waals surface area contributed by atoms with E-state index < -0.39 is 17.5 Å². The van der Waals surface area contributed by atoms with Crippen molar-refractivity contribution >= 4 is 39.1 Å². The van der Waals surface area contributed by atoms with Crippen LogP contribution in [0.3, 0.4) is 0 Å². The Hall–Kier alpha value is -3.78. The molecule has 3 saturated heterocycles. The average molecular weight is 606 g/mol. The van der Waals surface area contributed by atoms with Gasteiger partial charge in [0.1, 0.15) is 35.6 Å². The molecule has 0 unspecified atom stereocenters. The normalized spacial score (nSPS) is 22.6. The first-order chi connectivity index (χ1) is 20.9. The van der Waals surface area contributed by atoms with Gasteiger partial charge in [0, 0.05) is 49.8 Å². The van der Waals surface area contributed by atoms with E-state index in [1.165, 1.54) is 12.3 Å². The van der Waals surface area contributed by atoms with Crippen LogP contribution in [0, 0.1) is 18.2 Å². The van der Waals surface area contributed by atoms with Crippen molar-refractivity contribution < 1.29 is 23.4 Å². The Morgan fingerprint density at radius 1 is 1.19 bits per heavy atom. The van der Waals surface area contributed by atoms with Crippen molar-refractivity contribution in [1.29, 1.82) is 0 Å². The molecule has 222 valence electrons. The van der Waals surface area contributed by atoms with Crippen molar-refractivity contribution in [3.8, 4) is 35.4 Å². The lowest BCUT2D eigenvalue weighted by Gasteiger charge is -2.31. The minimum Gasteiger partial charge on any atom is -0.508 e.